The Hall–Kier alpha value is -1.38. The molecule has 148 valence electrons. The number of anilines is 1. The summed E-state index contributed by atoms with van der Waals surface area (Å²) in [5.74, 6) is 0.354. The van der Waals surface area contributed by atoms with Gasteiger partial charge in [-0.15, -0.1) is 0 Å². The van der Waals surface area contributed by atoms with Crippen LogP contribution >= 0.6 is 27.7 Å². The lowest BCUT2D eigenvalue weighted by Crippen LogP contribution is -2.39. The highest BCUT2D eigenvalue weighted by molar-refractivity contribution is 9.10. The average molecular weight is 483 g/mol. The van der Waals surface area contributed by atoms with Gasteiger partial charge in [-0.1, -0.05) is 39.8 Å². The molecule has 2 aromatic rings. The SMILES string of the molecule is Cc1ccc(N2C(SCc3ccc(Br)cc3F)=N[C@@H]3CS(=O)(=O)C[C@H]32)cc1C. The van der Waals surface area contributed by atoms with E-state index in [0.29, 0.717) is 15.8 Å². The quantitative estimate of drug-likeness (QED) is 0.646. The third-order valence-electron chi connectivity index (χ3n) is 5.25. The molecule has 0 aromatic heterocycles. The maximum atomic E-state index is 14.2. The first-order valence-electron chi connectivity index (χ1n) is 8.95. The summed E-state index contributed by atoms with van der Waals surface area (Å²) in [6.07, 6.45) is 0. The monoisotopic (exact) mass is 482 g/mol. The fourth-order valence-electron chi connectivity index (χ4n) is 3.59. The minimum atomic E-state index is -3.09. The molecule has 28 heavy (non-hydrogen) atoms. The van der Waals surface area contributed by atoms with Gasteiger partial charge in [0.15, 0.2) is 15.0 Å². The summed E-state index contributed by atoms with van der Waals surface area (Å²) >= 11 is 4.73. The van der Waals surface area contributed by atoms with E-state index in [-0.39, 0.29) is 29.4 Å². The molecule has 4 nitrogen and oxygen atoms in total. The summed E-state index contributed by atoms with van der Waals surface area (Å²) in [5, 5.41) is 0.760. The highest BCUT2D eigenvalue weighted by Crippen LogP contribution is 2.36. The van der Waals surface area contributed by atoms with Crippen LogP contribution in [0.4, 0.5) is 10.1 Å². The topological polar surface area (TPSA) is 49.7 Å². The lowest BCUT2D eigenvalue weighted by Gasteiger charge is -2.27. The highest BCUT2D eigenvalue weighted by atomic mass is 79.9. The molecule has 1 saturated heterocycles. The molecule has 0 N–H and O–H groups in total. The molecule has 0 spiro atoms. The molecule has 2 heterocycles. The van der Waals surface area contributed by atoms with Gasteiger partial charge < -0.3 is 4.90 Å². The maximum Gasteiger partial charge on any atom is 0.164 e. The van der Waals surface area contributed by atoms with Crippen molar-refractivity contribution in [2.24, 2.45) is 4.99 Å². The van der Waals surface area contributed by atoms with Crippen molar-refractivity contribution < 1.29 is 12.8 Å². The third-order valence-corrected chi connectivity index (χ3v) is 8.46. The predicted molar refractivity (Wildman–Crippen MR) is 117 cm³/mol. The Balaban J connectivity index is 1.64. The first kappa shape index (κ1) is 19.9. The number of aliphatic imine (C=N–C) groups is 1. The Kier molecular flexibility index (Phi) is 5.31. The molecule has 0 bridgehead atoms. The van der Waals surface area contributed by atoms with Gasteiger partial charge in [0, 0.05) is 15.9 Å². The molecule has 2 aromatic carbocycles. The van der Waals surface area contributed by atoms with Crippen LogP contribution in [0.3, 0.4) is 0 Å². The van der Waals surface area contributed by atoms with E-state index in [9.17, 15) is 12.8 Å². The van der Waals surface area contributed by atoms with Gasteiger partial charge in [0.05, 0.1) is 23.6 Å². The van der Waals surface area contributed by atoms with E-state index >= 15 is 0 Å². The lowest BCUT2D eigenvalue weighted by atomic mass is 10.1. The van der Waals surface area contributed by atoms with E-state index < -0.39 is 9.84 Å². The zero-order valence-corrected chi connectivity index (χ0v) is 18.7. The Morgan fingerprint density at radius 2 is 1.96 bits per heavy atom. The molecule has 2 atom stereocenters. The van der Waals surface area contributed by atoms with Gasteiger partial charge in [-0.3, -0.25) is 4.99 Å². The van der Waals surface area contributed by atoms with Crippen molar-refractivity contribution >= 4 is 48.4 Å². The van der Waals surface area contributed by atoms with Crippen LogP contribution < -0.4 is 4.90 Å². The predicted octanol–water partition coefficient (Wildman–Crippen LogP) is 4.48. The summed E-state index contributed by atoms with van der Waals surface area (Å²) in [7, 11) is -3.09. The maximum absolute atomic E-state index is 14.2. The zero-order valence-electron chi connectivity index (χ0n) is 15.5. The zero-order chi connectivity index (χ0) is 20.1. The van der Waals surface area contributed by atoms with E-state index in [1.54, 1.807) is 6.07 Å². The van der Waals surface area contributed by atoms with E-state index in [2.05, 4.69) is 22.0 Å². The van der Waals surface area contributed by atoms with Crippen molar-refractivity contribution in [2.45, 2.75) is 31.7 Å². The molecular formula is C20H20BrFN2O2S2. The van der Waals surface area contributed by atoms with Crippen molar-refractivity contribution in [3.05, 3.63) is 63.4 Å². The largest absolute Gasteiger partial charge is 0.315 e. The van der Waals surface area contributed by atoms with Gasteiger partial charge in [-0.2, -0.15) is 0 Å². The van der Waals surface area contributed by atoms with Crippen LogP contribution in [0, 0.1) is 19.7 Å². The second-order valence-electron chi connectivity index (χ2n) is 7.29. The number of nitrogens with zero attached hydrogens (tertiary/aromatic N) is 2. The van der Waals surface area contributed by atoms with E-state index in [0.717, 1.165) is 16.4 Å². The van der Waals surface area contributed by atoms with Crippen molar-refractivity contribution in [1.82, 2.24) is 0 Å². The van der Waals surface area contributed by atoms with Gasteiger partial charge in [0.2, 0.25) is 0 Å². The summed E-state index contributed by atoms with van der Waals surface area (Å²) < 4.78 is 39.2. The fraction of sp³-hybridized carbons (Fsp3) is 0.350. The molecular weight excluding hydrogens is 463 g/mol. The number of rotatable bonds is 3. The smallest absolute Gasteiger partial charge is 0.164 e. The molecule has 0 radical (unpaired) electrons. The number of aryl methyl sites for hydroxylation is 2. The average Bonchev–Trinajstić information content (AvgIpc) is 3.08. The second kappa shape index (κ2) is 7.46. The molecule has 0 unspecified atom stereocenters. The van der Waals surface area contributed by atoms with Crippen LogP contribution in [0.1, 0.15) is 16.7 Å². The van der Waals surface area contributed by atoms with E-state index in [1.165, 1.54) is 23.4 Å². The van der Waals surface area contributed by atoms with Crippen molar-refractivity contribution in [3.63, 3.8) is 0 Å². The van der Waals surface area contributed by atoms with Gasteiger partial charge >= 0.3 is 0 Å². The number of hydrogen-bond acceptors (Lipinski definition) is 5. The number of benzene rings is 2. The first-order valence-corrected chi connectivity index (χ1v) is 12.5. The molecule has 0 aliphatic carbocycles. The number of hydrogen-bond donors (Lipinski definition) is 0. The summed E-state index contributed by atoms with van der Waals surface area (Å²) in [5.41, 5.74) is 3.86. The number of thioether (sulfide) groups is 1. The lowest BCUT2D eigenvalue weighted by molar-refractivity contribution is 0.601. The molecule has 2 aliphatic rings. The van der Waals surface area contributed by atoms with Crippen LogP contribution in [0.2, 0.25) is 0 Å². The Bertz CT molecular complexity index is 1070. The minimum Gasteiger partial charge on any atom is -0.315 e. The van der Waals surface area contributed by atoms with Gasteiger partial charge in [0.1, 0.15) is 5.82 Å². The van der Waals surface area contributed by atoms with Crippen LogP contribution in [-0.2, 0) is 15.6 Å². The summed E-state index contributed by atoms with van der Waals surface area (Å²) in [6, 6.07) is 10.7. The van der Waals surface area contributed by atoms with Crippen molar-refractivity contribution in [3.8, 4) is 0 Å². The normalized spacial score (nSPS) is 23.0. The molecule has 0 saturated carbocycles. The fourth-order valence-corrected chi connectivity index (χ4v) is 6.88. The molecule has 2 aliphatic heterocycles. The van der Waals surface area contributed by atoms with Crippen molar-refractivity contribution in [2.75, 3.05) is 16.4 Å². The second-order valence-corrected chi connectivity index (χ2v) is 11.3. The number of fused-ring (bicyclic) bond motifs is 1. The van der Waals surface area contributed by atoms with Crippen LogP contribution in [0.5, 0.6) is 0 Å². The Morgan fingerprint density at radius 1 is 1.18 bits per heavy atom. The number of sulfone groups is 1. The van der Waals surface area contributed by atoms with Gasteiger partial charge in [-0.05, 0) is 54.8 Å². The van der Waals surface area contributed by atoms with Gasteiger partial charge in [-0.25, -0.2) is 12.8 Å². The molecule has 8 heteroatoms. The molecule has 0 amide bonds. The van der Waals surface area contributed by atoms with Crippen molar-refractivity contribution in [1.29, 1.82) is 0 Å². The van der Waals surface area contributed by atoms with E-state index in [4.69, 9.17) is 4.99 Å². The van der Waals surface area contributed by atoms with Crippen LogP contribution in [0.15, 0.2) is 45.9 Å². The van der Waals surface area contributed by atoms with E-state index in [1.807, 2.05) is 36.9 Å². The third kappa shape index (κ3) is 3.86. The molecule has 4 rings (SSSR count). The Morgan fingerprint density at radius 3 is 2.68 bits per heavy atom. The first-order chi connectivity index (χ1) is 13.2. The number of amidine groups is 1. The Labute approximate surface area is 177 Å². The van der Waals surface area contributed by atoms with Gasteiger partial charge in [0.25, 0.3) is 0 Å². The van der Waals surface area contributed by atoms with Crippen LogP contribution in [-0.4, -0.2) is 37.2 Å². The summed E-state index contributed by atoms with van der Waals surface area (Å²) in [4.78, 5) is 6.74. The molecule has 1 fully saturated rings. The number of halogens is 2. The summed E-state index contributed by atoms with van der Waals surface area (Å²) in [6.45, 7) is 4.09. The standard InChI is InChI=1S/C20H20BrFN2O2S2/c1-12-3-6-16(7-13(12)2)24-19-11-28(25,26)10-18(19)23-20(24)27-9-14-4-5-15(21)8-17(14)22/h3-8,18-19H,9-11H2,1-2H3/t18-,19-/m1/s1. The minimum absolute atomic E-state index is 0.0791. The van der Waals surface area contributed by atoms with Crippen LogP contribution in [0.25, 0.3) is 0 Å². The highest BCUT2D eigenvalue weighted by Gasteiger charge is 2.47.